The first-order valence-corrected chi connectivity index (χ1v) is 11.5. The number of hydrogen-bond donors (Lipinski definition) is 1. The lowest BCUT2D eigenvalue weighted by molar-refractivity contribution is -0.140. The highest BCUT2D eigenvalue weighted by Gasteiger charge is 2.07. The van der Waals surface area contributed by atoms with Gasteiger partial charge >= 0.3 is 17.9 Å². The second-order valence-corrected chi connectivity index (χ2v) is 7.47. The molecular formula is C28H30O9. The van der Waals surface area contributed by atoms with Crippen molar-refractivity contribution in [2.24, 2.45) is 0 Å². The van der Waals surface area contributed by atoms with Crippen LogP contribution in [0.5, 0.6) is 17.2 Å². The second-order valence-electron chi connectivity index (χ2n) is 7.47. The molecule has 0 radical (unpaired) electrons. The molecule has 1 N–H and O–H groups in total. The molecule has 0 amide bonds. The second kappa shape index (κ2) is 16.3. The SMILES string of the molecule is C=CC(=O)OCCCCOc1ccc(/C=C/C(=O)Oc2ccc(OCCOC(=O)C(=C)CO)cc2)cc1. The number of aliphatic hydroxyl groups is 1. The fraction of sp³-hybridized carbons (Fsp3) is 0.250. The van der Waals surface area contributed by atoms with E-state index in [1.807, 2.05) is 12.1 Å². The molecule has 0 bridgehead atoms. The van der Waals surface area contributed by atoms with Crippen molar-refractivity contribution in [3.05, 3.63) is 85.0 Å². The van der Waals surface area contributed by atoms with Gasteiger partial charge in [-0.1, -0.05) is 25.3 Å². The van der Waals surface area contributed by atoms with E-state index in [9.17, 15) is 14.4 Å². The number of rotatable bonds is 16. The molecule has 0 aliphatic carbocycles. The number of esters is 3. The number of ether oxygens (including phenoxy) is 5. The Morgan fingerprint density at radius 2 is 1.35 bits per heavy atom. The van der Waals surface area contributed by atoms with E-state index in [1.165, 1.54) is 6.08 Å². The lowest BCUT2D eigenvalue weighted by Crippen LogP contribution is -2.15. The van der Waals surface area contributed by atoms with Gasteiger partial charge in [-0.05, 0) is 60.9 Å². The van der Waals surface area contributed by atoms with Crippen LogP contribution in [0.15, 0.2) is 79.4 Å². The van der Waals surface area contributed by atoms with E-state index in [4.69, 9.17) is 28.8 Å². The number of carbonyl (C=O) groups excluding carboxylic acids is 3. The Kier molecular flexibility index (Phi) is 12.7. The zero-order valence-electron chi connectivity index (χ0n) is 20.4. The highest BCUT2D eigenvalue weighted by atomic mass is 16.6. The molecular weight excluding hydrogens is 480 g/mol. The van der Waals surface area contributed by atoms with Crippen LogP contribution in [0.1, 0.15) is 18.4 Å². The van der Waals surface area contributed by atoms with Gasteiger partial charge in [-0.15, -0.1) is 0 Å². The zero-order chi connectivity index (χ0) is 26.9. The van der Waals surface area contributed by atoms with Crippen molar-refractivity contribution in [1.29, 1.82) is 0 Å². The molecule has 2 rings (SSSR count). The van der Waals surface area contributed by atoms with Crippen molar-refractivity contribution in [1.82, 2.24) is 0 Å². The molecule has 0 fully saturated rings. The lowest BCUT2D eigenvalue weighted by Gasteiger charge is -2.08. The van der Waals surface area contributed by atoms with Gasteiger partial charge in [0.2, 0.25) is 0 Å². The minimum absolute atomic E-state index is 0.00150. The van der Waals surface area contributed by atoms with Crippen molar-refractivity contribution in [2.45, 2.75) is 12.8 Å². The summed E-state index contributed by atoms with van der Waals surface area (Å²) in [7, 11) is 0. The van der Waals surface area contributed by atoms with Crippen LogP contribution in [-0.2, 0) is 23.9 Å². The molecule has 196 valence electrons. The monoisotopic (exact) mass is 510 g/mol. The van der Waals surface area contributed by atoms with Gasteiger partial charge in [0.05, 0.1) is 25.4 Å². The van der Waals surface area contributed by atoms with E-state index in [2.05, 4.69) is 13.2 Å². The summed E-state index contributed by atoms with van der Waals surface area (Å²) in [6.45, 7) is 7.18. The molecule has 9 heteroatoms. The van der Waals surface area contributed by atoms with Crippen LogP contribution in [0.4, 0.5) is 0 Å². The lowest BCUT2D eigenvalue weighted by atomic mass is 10.2. The maximum atomic E-state index is 12.1. The molecule has 2 aromatic rings. The van der Waals surface area contributed by atoms with Crippen LogP contribution in [0.2, 0.25) is 0 Å². The largest absolute Gasteiger partial charge is 0.494 e. The first-order chi connectivity index (χ1) is 17.9. The predicted molar refractivity (Wildman–Crippen MR) is 136 cm³/mol. The topological polar surface area (TPSA) is 118 Å². The molecule has 0 unspecified atom stereocenters. The average molecular weight is 511 g/mol. The summed E-state index contributed by atoms with van der Waals surface area (Å²) in [6, 6.07) is 13.6. The van der Waals surface area contributed by atoms with Gasteiger partial charge in [0.1, 0.15) is 30.5 Å². The molecule has 0 heterocycles. The van der Waals surface area contributed by atoms with E-state index in [1.54, 1.807) is 42.5 Å². The van der Waals surface area contributed by atoms with Crippen molar-refractivity contribution >= 4 is 24.0 Å². The fourth-order valence-corrected chi connectivity index (χ4v) is 2.68. The van der Waals surface area contributed by atoms with Crippen LogP contribution in [0, 0.1) is 0 Å². The van der Waals surface area contributed by atoms with Crippen molar-refractivity contribution in [2.75, 3.05) is 33.0 Å². The quantitative estimate of drug-likeness (QED) is 0.156. The summed E-state index contributed by atoms with van der Waals surface area (Å²) in [5, 5.41) is 8.80. The van der Waals surface area contributed by atoms with E-state index < -0.39 is 24.5 Å². The van der Waals surface area contributed by atoms with Crippen molar-refractivity contribution in [3.8, 4) is 17.2 Å². The fourth-order valence-electron chi connectivity index (χ4n) is 2.68. The first kappa shape index (κ1) is 28.9. The highest BCUT2D eigenvalue weighted by molar-refractivity contribution is 5.89. The molecule has 0 aromatic heterocycles. The number of benzene rings is 2. The molecule has 0 saturated heterocycles. The first-order valence-electron chi connectivity index (χ1n) is 11.5. The van der Waals surface area contributed by atoms with Gasteiger partial charge in [0.15, 0.2) is 0 Å². The Morgan fingerprint density at radius 3 is 2.00 bits per heavy atom. The Labute approximate surface area is 215 Å². The molecule has 0 aliphatic rings. The van der Waals surface area contributed by atoms with Crippen molar-refractivity contribution < 1.29 is 43.2 Å². The van der Waals surface area contributed by atoms with Crippen LogP contribution in [-0.4, -0.2) is 56.0 Å². The summed E-state index contributed by atoms with van der Waals surface area (Å²) < 4.78 is 26.1. The van der Waals surface area contributed by atoms with E-state index in [0.717, 1.165) is 18.1 Å². The Balaban J connectivity index is 1.67. The van der Waals surface area contributed by atoms with Crippen LogP contribution < -0.4 is 14.2 Å². The maximum absolute atomic E-state index is 12.1. The van der Waals surface area contributed by atoms with E-state index in [-0.39, 0.29) is 18.8 Å². The smallest absolute Gasteiger partial charge is 0.336 e. The van der Waals surface area contributed by atoms with E-state index in [0.29, 0.717) is 36.9 Å². The molecule has 0 aliphatic heterocycles. The summed E-state index contributed by atoms with van der Waals surface area (Å²) in [5.74, 6) is -0.108. The standard InChI is InChI=1S/C28H30O9/c1-3-26(30)35-17-5-4-16-33-23-9-6-22(7-10-23)8-15-27(31)37-25-13-11-24(12-14-25)34-18-19-36-28(32)21(2)20-29/h3,6-15,29H,1-2,4-5,16-20H2/b15-8+. The average Bonchev–Trinajstić information content (AvgIpc) is 2.92. The summed E-state index contributed by atoms with van der Waals surface area (Å²) in [4.78, 5) is 34.4. The number of aliphatic hydroxyl groups excluding tert-OH is 1. The van der Waals surface area contributed by atoms with Gasteiger partial charge in [-0.25, -0.2) is 14.4 Å². The van der Waals surface area contributed by atoms with Gasteiger partial charge < -0.3 is 28.8 Å². The highest BCUT2D eigenvalue weighted by Crippen LogP contribution is 2.18. The zero-order valence-corrected chi connectivity index (χ0v) is 20.4. The Bertz CT molecular complexity index is 1070. The third-order valence-electron chi connectivity index (χ3n) is 4.62. The molecule has 0 saturated carbocycles. The van der Waals surface area contributed by atoms with Crippen LogP contribution in [0.25, 0.3) is 6.08 Å². The number of hydrogen-bond acceptors (Lipinski definition) is 9. The molecule has 0 spiro atoms. The van der Waals surface area contributed by atoms with Gasteiger partial charge in [-0.2, -0.15) is 0 Å². The Hall–Kier alpha value is -4.37. The van der Waals surface area contributed by atoms with Crippen LogP contribution in [0.3, 0.4) is 0 Å². The van der Waals surface area contributed by atoms with Gasteiger partial charge in [0.25, 0.3) is 0 Å². The van der Waals surface area contributed by atoms with E-state index >= 15 is 0 Å². The van der Waals surface area contributed by atoms with Crippen LogP contribution >= 0.6 is 0 Å². The Morgan fingerprint density at radius 1 is 0.757 bits per heavy atom. The van der Waals surface area contributed by atoms with Gasteiger partial charge in [0, 0.05) is 12.2 Å². The molecule has 2 aromatic carbocycles. The van der Waals surface area contributed by atoms with Crippen molar-refractivity contribution in [3.63, 3.8) is 0 Å². The normalized spacial score (nSPS) is 10.4. The predicted octanol–water partition coefficient (Wildman–Crippen LogP) is 3.66. The third kappa shape index (κ3) is 11.7. The molecule has 37 heavy (non-hydrogen) atoms. The minimum atomic E-state index is -0.678. The maximum Gasteiger partial charge on any atom is 0.336 e. The number of carbonyl (C=O) groups is 3. The minimum Gasteiger partial charge on any atom is -0.494 e. The summed E-state index contributed by atoms with van der Waals surface area (Å²) in [5.41, 5.74) is 0.771. The summed E-state index contributed by atoms with van der Waals surface area (Å²) in [6.07, 6.45) is 5.51. The molecule has 0 atom stereocenters. The number of unbranched alkanes of at least 4 members (excludes halogenated alkanes) is 1. The summed E-state index contributed by atoms with van der Waals surface area (Å²) >= 11 is 0. The third-order valence-corrected chi connectivity index (χ3v) is 4.62. The molecule has 9 nitrogen and oxygen atoms in total. The van der Waals surface area contributed by atoms with Gasteiger partial charge in [-0.3, -0.25) is 0 Å².